The first-order chi connectivity index (χ1) is 5.63. The van der Waals surface area contributed by atoms with Crippen LogP contribution in [0.4, 0.5) is 0 Å². The van der Waals surface area contributed by atoms with Gasteiger partial charge in [-0.15, -0.1) is 0 Å². The van der Waals surface area contributed by atoms with Gasteiger partial charge in [-0.1, -0.05) is 27.7 Å². The highest BCUT2D eigenvalue weighted by atomic mass is 14.6. The van der Waals surface area contributed by atoms with Gasteiger partial charge in [-0.3, -0.25) is 0 Å². The molecule has 0 N–H and O–H groups in total. The van der Waals surface area contributed by atoms with Gasteiger partial charge in [0.15, 0.2) is 0 Å². The fourth-order valence-corrected chi connectivity index (χ4v) is 3.34. The Labute approximate surface area is 76.7 Å². The number of hydrogen-bond acceptors (Lipinski definition) is 0. The van der Waals surface area contributed by atoms with Crippen molar-refractivity contribution in [2.45, 2.75) is 40.5 Å². The molecule has 0 saturated heterocycles. The summed E-state index contributed by atoms with van der Waals surface area (Å²) in [6.07, 6.45) is 3.05. The van der Waals surface area contributed by atoms with Gasteiger partial charge in [-0.2, -0.15) is 0 Å². The molecule has 0 aromatic carbocycles. The van der Waals surface area contributed by atoms with Crippen LogP contribution >= 0.6 is 0 Å². The van der Waals surface area contributed by atoms with Gasteiger partial charge >= 0.3 is 0 Å². The maximum atomic E-state index is 2.49. The van der Waals surface area contributed by atoms with Crippen LogP contribution < -0.4 is 0 Å². The molecule has 4 atom stereocenters. The van der Waals surface area contributed by atoms with E-state index in [0.29, 0.717) is 0 Å². The molecule has 0 aromatic heterocycles. The Kier molecular flexibility index (Phi) is 1.97. The monoisotopic (exact) mass is 166 g/mol. The third-order valence-corrected chi connectivity index (χ3v) is 4.26. The van der Waals surface area contributed by atoms with Crippen LogP contribution in [0.15, 0.2) is 0 Å². The lowest BCUT2D eigenvalue weighted by molar-refractivity contribution is 0.385. The van der Waals surface area contributed by atoms with E-state index in [4.69, 9.17) is 0 Å². The third-order valence-electron chi connectivity index (χ3n) is 4.26. The summed E-state index contributed by atoms with van der Waals surface area (Å²) in [4.78, 5) is 0. The molecule has 2 aliphatic carbocycles. The summed E-state index contributed by atoms with van der Waals surface area (Å²) < 4.78 is 0. The van der Waals surface area contributed by atoms with Crippen molar-refractivity contribution in [3.63, 3.8) is 0 Å². The van der Waals surface area contributed by atoms with Gasteiger partial charge in [0.25, 0.3) is 0 Å². The number of rotatable bonds is 3. The third kappa shape index (κ3) is 1.30. The van der Waals surface area contributed by atoms with E-state index >= 15 is 0 Å². The lowest BCUT2D eigenvalue weighted by atomic mass is 9.95. The first-order valence-electron chi connectivity index (χ1n) is 5.63. The topological polar surface area (TPSA) is 0 Å². The number of hydrogen-bond donors (Lipinski definition) is 0. The lowest BCUT2D eigenvalue weighted by Crippen LogP contribution is -2.04. The molecule has 0 spiro atoms. The molecule has 2 rings (SSSR count). The van der Waals surface area contributed by atoms with E-state index in [-0.39, 0.29) is 0 Å². The Balaban J connectivity index is 1.89. The van der Waals surface area contributed by atoms with Crippen molar-refractivity contribution in [1.82, 2.24) is 0 Å². The molecule has 0 nitrogen and oxygen atoms in total. The Morgan fingerprint density at radius 2 is 1.58 bits per heavy atom. The van der Waals surface area contributed by atoms with Crippen LogP contribution in [0.3, 0.4) is 0 Å². The molecule has 2 aliphatic rings. The predicted octanol–water partition coefficient (Wildman–Crippen LogP) is 3.57. The van der Waals surface area contributed by atoms with Gasteiger partial charge in [-0.05, 0) is 48.3 Å². The summed E-state index contributed by atoms with van der Waals surface area (Å²) in [5, 5.41) is 0. The molecular formula is C12H22. The zero-order chi connectivity index (χ0) is 8.88. The smallest absolute Gasteiger partial charge is 0.0324 e. The molecule has 0 radical (unpaired) electrons. The summed E-state index contributed by atoms with van der Waals surface area (Å²) in [5.74, 6) is 6.23. The Bertz CT molecular complexity index is 163. The Hall–Kier alpha value is 0. The highest BCUT2D eigenvalue weighted by molar-refractivity contribution is 5.01. The standard InChI is InChI=1S/C12H22/c1-7(2)11-9(4)12(11)8(3)10-5-6-10/h7-12H,5-6H2,1-4H3. The normalized spacial score (nSPS) is 43.2. The quantitative estimate of drug-likeness (QED) is 0.601. The summed E-state index contributed by atoms with van der Waals surface area (Å²) in [7, 11) is 0. The van der Waals surface area contributed by atoms with E-state index in [1.807, 2.05) is 0 Å². The van der Waals surface area contributed by atoms with Crippen LogP contribution in [0.25, 0.3) is 0 Å². The van der Waals surface area contributed by atoms with Crippen molar-refractivity contribution in [3.05, 3.63) is 0 Å². The van der Waals surface area contributed by atoms with Crippen LogP contribution in [0.1, 0.15) is 40.5 Å². The molecule has 70 valence electrons. The summed E-state index contributed by atoms with van der Waals surface area (Å²) in [6.45, 7) is 9.72. The molecule has 4 unspecified atom stereocenters. The van der Waals surface area contributed by atoms with Gasteiger partial charge in [-0.25, -0.2) is 0 Å². The molecule has 12 heavy (non-hydrogen) atoms. The minimum Gasteiger partial charge on any atom is -0.0625 e. The van der Waals surface area contributed by atoms with E-state index in [9.17, 15) is 0 Å². The lowest BCUT2D eigenvalue weighted by Gasteiger charge is -2.10. The van der Waals surface area contributed by atoms with Crippen molar-refractivity contribution in [2.24, 2.45) is 35.5 Å². The Morgan fingerprint density at radius 1 is 1.00 bits per heavy atom. The average molecular weight is 166 g/mol. The summed E-state index contributed by atoms with van der Waals surface area (Å²) in [5.41, 5.74) is 0. The second-order valence-corrected chi connectivity index (χ2v) is 5.45. The molecule has 0 aromatic rings. The molecule has 0 aliphatic heterocycles. The molecular weight excluding hydrogens is 144 g/mol. The van der Waals surface area contributed by atoms with E-state index < -0.39 is 0 Å². The minimum absolute atomic E-state index is 0.922. The molecule has 0 bridgehead atoms. The molecule has 0 amide bonds. The SMILES string of the molecule is CC(C)C1C(C)C1C(C)C1CC1. The molecule has 0 heteroatoms. The second-order valence-electron chi connectivity index (χ2n) is 5.45. The molecule has 2 saturated carbocycles. The van der Waals surface area contributed by atoms with Crippen molar-refractivity contribution in [2.75, 3.05) is 0 Å². The molecule has 0 heterocycles. The highest BCUT2D eigenvalue weighted by Crippen LogP contribution is 2.59. The first kappa shape index (κ1) is 8.59. The Morgan fingerprint density at radius 3 is 1.92 bits per heavy atom. The van der Waals surface area contributed by atoms with Gasteiger partial charge in [0.1, 0.15) is 0 Å². The van der Waals surface area contributed by atoms with E-state index in [2.05, 4.69) is 27.7 Å². The van der Waals surface area contributed by atoms with Crippen LogP contribution in [-0.4, -0.2) is 0 Å². The zero-order valence-corrected chi connectivity index (χ0v) is 8.88. The van der Waals surface area contributed by atoms with Crippen LogP contribution in [0.2, 0.25) is 0 Å². The largest absolute Gasteiger partial charge is 0.0625 e. The molecule has 2 fully saturated rings. The fraction of sp³-hybridized carbons (Fsp3) is 1.00. The average Bonchev–Trinajstić information content (AvgIpc) is 2.76. The van der Waals surface area contributed by atoms with Crippen LogP contribution in [-0.2, 0) is 0 Å². The van der Waals surface area contributed by atoms with Gasteiger partial charge in [0.05, 0.1) is 0 Å². The second kappa shape index (κ2) is 2.75. The van der Waals surface area contributed by atoms with Gasteiger partial charge in [0, 0.05) is 0 Å². The van der Waals surface area contributed by atoms with Gasteiger partial charge in [0.2, 0.25) is 0 Å². The van der Waals surface area contributed by atoms with Crippen LogP contribution in [0, 0.1) is 35.5 Å². The van der Waals surface area contributed by atoms with Gasteiger partial charge < -0.3 is 0 Å². The van der Waals surface area contributed by atoms with Crippen molar-refractivity contribution in [1.29, 1.82) is 0 Å². The first-order valence-corrected chi connectivity index (χ1v) is 5.63. The van der Waals surface area contributed by atoms with E-state index in [0.717, 1.165) is 35.5 Å². The van der Waals surface area contributed by atoms with Crippen LogP contribution in [0.5, 0.6) is 0 Å². The predicted molar refractivity (Wildman–Crippen MR) is 52.9 cm³/mol. The summed E-state index contributed by atoms with van der Waals surface area (Å²) >= 11 is 0. The van der Waals surface area contributed by atoms with E-state index in [1.165, 1.54) is 12.8 Å². The van der Waals surface area contributed by atoms with Crippen molar-refractivity contribution >= 4 is 0 Å². The minimum atomic E-state index is 0.922. The summed E-state index contributed by atoms with van der Waals surface area (Å²) in [6, 6.07) is 0. The highest BCUT2D eigenvalue weighted by Gasteiger charge is 2.53. The maximum absolute atomic E-state index is 2.49. The van der Waals surface area contributed by atoms with E-state index in [1.54, 1.807) is 0 Å². The maximum Gasteiger partial charge on any atom is -0.0324 e. The fourth-order valence-electron chi connectivity index (χ4n) is 3.34. The zero-order valence-electron chi connectivity index (χ0n) is 8.88. The van der Waals surface area contributed by atoms with Crippen molar-refractivity contribution in [3.8, 4) is 0 Å². The van der Waals surface area contributed by atoms with Crippen molar-refractivity contribution < 1.29 is 0 Å².